The lowest BCUT2D eigenvalue weighted by Gasteiger charge is -2.09. The molecule has 0 aromatic carbocycles. The standard InChI is InChI=1S/C5H13NO.C2H4O/c1-3-6(2)4-5-7;1-2-3/h7H,3-5H2,1-2H3;2H,1H3. The predicted molar refractivity (Wildman–Crippen MR) is 42.0 cm³/mol. The van der Waals surface area contributed by atoms with Crippen molar-refractivity contribution in [1.82, 2.24) is 4.90 Å². The van der Waals surface area contributed by atoms with Gasteiger partial charge in [-0.15, -0.1) is 0 Å². The maximum absolute atomic E-state index is 8.81. The van der Waals surface area contributed by atoms with Gasteiger partial charge in [0, 0.05) is 6.54 Å². The second-order valence-electron chi connectivity index (χ2n) is 1.86. The molecule has 0 aliphatic rings. The molecule has 0 aromatic rings. The first-order valence-corrected chi connectivity index (χ1v) is 3.42. The summed E-state index contributed by atoms with van der Waals surface area (Å²) in [5.74, 6) is 0. The van der Waals surface area contributed by atoms with E-state index in [-0.39, 0.29) is 6.61 Å². The lowest BCUT2D eigenvalue weighted by Crippen LogP contribution is -2.20. The number of carbonyl (C=O) groups is 1. The SMILES string of the molecule is CC=O.CCN(C)CCO. The second-order valence-corrected chi connectivity index (χ2v) is 1.86. The fraction of sp³-hybridized carbons (Fsp3) is 0.857. The van der Waals surface area contributed by atoms with Crippen molar-refractivity contribution in [3.63, 3.8) is 0 Å². The molecule has 1 N–H and O–H groups in total. The van der Waals surface area contributed by atoms with Crippen molar-refractivity contribution < 1.29 is 9.90 Å². The number of carbonyl (C=O) groups excluding carboxylic acids is 1. The average molecular weight is 147 g/mol. The van der Waals surface area contributed by atoms with E-state index in [9.17, 15) is 0 Å². The molecular weight excluding hydrogens is 130 g/mol. The highest BCUT2D eigenvalue weighted by Crippen LogP contribution is 1.75. The van der Waals surface area contributed by atoms with E-state index in [2.05, 4.69) is 11.8 Å². The normalized spacial score (nSPS) is 8.50. The molecule has 0 fully saturated rings. The Hall–Kier alpha value is -0.410. The molecule has 0 aliphatic carbocycles. The molecule has 0 amide bonds. The highest BCUT2D eigenvalue weighted by atomic mass is 16.3. The third-order valence-corrected chi connectivity index (χ3v) is 1.02. The Bertz CT molecular complexity index is 66.6. The molecule has 0 radical (unpaired) electrons. The third-order valence-electron chi connectivity index (χ3n) is 1.02. The van der Waals surface area contributed by atoms with Crippen molar-refractivity contribution in [2.75, 3.05) is 26.7 Å². The second kappa shape index (κ2) is 11.4. The lowest BCUT2D eigenvalue weighted by molar-refractivity contribution is -0.106. The molecule has 0 aliphatic heterocycles. The minimum Gasteiger partial charge on any atom is -0.395 e. The first-order valence-electron chi connectivity index (χ1n) is 3.42. The van der Waals surface area contributed by atoms with Crippen LogP contribution in [0.1, 0.15) is 13.8 Å². The van der Waals surface area contributed by atoms with Gasteiger partial charge in [-0.25, -0.2) is 0 Å². The number of nitrogens with zero attached hydrogens (tertiary/aromatic N) is 1. The minimum atomic E-state index is 0.268. The summed E-state index contributed by atoms with van der Waals surface area (Å²) < 4.78 is 0. The predicted octanol–water partition coefficient (Wildman–Crippen LogP) is 0.136. The van der Waals surface area contributed by atoms with Crippen LogP contribution in [0.15, 0.2) is 0 Å². The van der Waals surface area contributed by atoms with E-state index in [0.29, 0.717) is 0 Å². The Morgan fingerprint density at radius 2 is 2.00 bits per heavy atom. The monoisotopic (exact) mass is 147 g/mol. The van der Waals surface area contributed by atoms with Gasteiger partial charge in [0.1, 0.15) is 6.29 Å². The van der Waals surface area contributed by atoms with E-state index >= 15 is 0 Å². The van der Waals surface area contributed by atoms with Crippen LogP contribution in [0.3, 0.4) is 0 Å². The van der Waals surface area contributed by atoms with Crippen LogP contribution in [-0.2, 0) is 4.79 Å². The smallest absolute Gasteiger partial charge is 0.116 e. The molecule has 3 nitrogen and oxygen atoms in total. The van der Waals surface area contributed by atoms with Crippen LogP contribution < -0.4 is 0 Å². The molecule has 0 atom stereocenters. The molecule has 0 saturated heterocycles. The maximum atomic E-state index is 8.81. The van der Waals surface area contributed by atoms with Gasteiger partial charge < -0.3 is 14.8 Å². The molecule has 3 heteroatoms. The quantitative estimate of drug-likeness (QED) is 0.577. The minimum absolute atomic E-state index is 0.268. The Kier molecular flexibility index (Phi) is 14.0. The van der Waals surface area contributed by atoms with Crippen molar-refractivity contribution in [2.45, 2.75) is 13.8 Å². The first-order chi connectivity index (χ1) is 4.72. The number of rotatable bonds is 3. The van der Waals surface area contributed by atoms with Gasteiger partial charge in [-0.3, -0.25) is 0 Å². The summed E-state index contributed by atoms with van der Waals surface area (Å²) in [5, 5.41) is 8.33. The number of aliphatic hydroxyl groups excluding tert-OH is 1. The summed E-state index contributed by atoms with van der Waals surface area (Å²) >= 11 is 0. The van der Waals surface area contributed by atoms with Crippen LogP contribution in [0.5, 0.6) is 0 Å². The lowest BCUT2D eigenvalue weighted by atomic mass is 10.6. The Morgan fingerprint density at radius 3 is 2.10 bits per heavy atom. The van der Waals surface area contributed by atoms with E-state index in [4.69, 9.17) is 9.90 Å². The molecule has 0 aromatic heterocycles. The highest BCUT2D eigenvalue weighted by molar-refractivity contribution is 5.44. The van der Waals surface area contributed by atoms with Gasteiger partial charge in [0.05, 0.1) is 6.61 Å². The number of aldehydes is 1. The number of hydrogen-bond donors (Lipinski definition) is 1. The van der Waals surface area contributed by atoms with Crippen molar-refractivity contribution in [3.8, 4) is 0 Å². The summed E-state index contributed by atoms with van der Waals surface area (Å²) in [4.78, 5) is 10.9. The van der Waals surface area contributed by atoms with Gasteiger partial charge >= 0.3 is 0 Å². The molecule has 0 heterocycles. The van der Waals surface area contributed by atoms with Gasteiger partial charge in [-0.1, -0.05) is 6.92 Å². The summed E-state index contributed by atoms with van der Waals surface area (Å²) in [5.41, 5.74) is 0. The van der Waals surface area contributed by atoms with Gasteiger partial charge in [-0.2, -0.15) is 0 Å². The Labute approximate surface area is 62.7 Å². The van der Waals surface area contributed by atoms with Crippen molar-refractivity contribution >= 4 is 6.29 Å². The highest BCUT2D eigenvalue weighted by Gasteiger charge is 1.87. The van der Waals surface area contributed by atoms with E-state index < -0.39 is 0 Å². The fourth-order valence-corrected chi connectivity index (χ4v) is 0.329. The summed E-state index contributed by atoms with van der Waals surface area (Å²) in [7, 11) is 1.98. The van der Waals surface area contributed by atoms with E-state index in [1.807, 2.05) is 7.05 Å². The van der Waals surface area contributed by atoms with Crippen LogP contribution in [-0.4, -0.2) is 43.0 Å². The molecular formula is C7H17NO2. The van der Waals surface area contributed by atoms with Crippen molar-refractivity contribution in [2.24, 2.45) is 0 Å². The van der Waals surface area contributed by atoms with Gasteiger partial charge in [0.15, 0.2) is 0 Å². The zero-order chi connectivity index (χ0) is 8.41. The van der Waals surface area contributed by atoms with Crippen LogP contribution in [0.25, 0.3) is 0 Å². The summed E-state index contributed by atoms with van der Waals surface area (Å²) in [6.45, 7) is 5.58. The molecule has 0 bridgehead atoms. The van der Waals surface area contributed by atoms with E-state index in [1.165, 1.54) is 6.92 Å². The first kappa shape index (κ1) is 12.3. The summed E-state index contributed by atoms with van der Waals surface area (Å²) in [6, 6.07) is 0. The van der Waals surface area contributed by atoms with Gasteiger partial charge in [0.2, 0.25) is 0 Å². The number of aliphatic hydroxyl groups is 1. The average Bonchev–Trinajstić information content (AvgIpc) is 1.90. The zero-order valence-corrected chi connectivity index (χ0v) is 7.00. The number of likely N-dealkylation sites (N-methyl/N-ethyl adjacent to an activating group) is 1. The Morgan fingerprint density at radius 1 is 1.60 bits per heavy atom. The molecule has 0 unspecified atom stereocenters. The molecule has 0 saturated carbocycles. The van der Waals surface area contributed by atoms with Gasteiger partial charge in [0.25, 0.3) is 0 Å². The molecule has 0 spiro atoms. The molecule has 0 rings (SSSR count). The summed E-state index contributed by atoms with van der Waals surface area (Å²) in [6.07, 6.45) is 0.750. The van der Waals surface area contributed by atoms with E-state index in [0.717, 1.165) is 19.4 Å². The van der Waals surface area contributed by atoms with Crippen LogP contribution in [0.2, 0.25) is 0 Å². The molecule has 10 heavy (non-hydrogen) atoms. The zero-order valence-electron chi connectivity index (χ0n) is 7.00. The Balaban J connectivity index is 0. The van der Waals surface area contributed by atoms with Crippen molar-refractivity contribution in [3.05, 3.63) is 0 Å². The topological polar surface area (TPSA) is 40.5 Å². The van der Waals surface area contributed by atoms with Gasteiger partial charge in [-0.05, 0) is 20.5 Å². The number of hydrogen-bond acceptors (Lipinski definition) is 3. The maximum Gasteiger partial charge on any atom is 0.116 e. The van der Waals surface area contributed by atoms with E-state index in [1.54, 1.807) is 0 Å². The van der Waals surface area contributed by atoms with Crippen LogP contribution in [0, 0.1) is 0 Å². The van der Waals surface area contributed by atoms with Crippen LogP contribution >= 0.6 is 0 Å². The fourth-order valence-electron chi connectivity index (χ4n) is 0.329. The van der Waals surface area contributed by atoms with Crippen molar-refractivity contribution in [1.29, 1.82) is 0 Å². The third kappa shape index (κ3) is 15.6. The largest absolute Gasteiger partial charge is 0.395 e. The molecule has 62 valence electrons. The van der Waals surface area contributed by atoms with Crippen LogP contribution in [0.4, 0.5) is 0 Å².